The molecule has 0 spiro atoms. The first kappa shape index (κ1) is 23.0. The number of ether oxygens (including phenoxy) is 1. The van der Waals surface area contributed by atoms with E-state index in [1.54, 1.807) is 6.92 Å². The number of benzene rings is 2. The summed E-state index contributed by atoms with van der Waals surface area (Å²) in [4.78, 5) is 38.8. The lowest BCUT2D eigenvalue weighted by Gasteiger charge is -2.35. The van der Waals surface area contributed by atoms with Crippen LogP contribution in [0.3, 0.4) is 0 Å². The highest BCUT2D eigenvalue weighted by Crippen LogP contribution is 2.30. The normalized spacial score (nSPS) is 14.2. The van der Waals surface area contributed by atoms with Crippen LogP contribution in [0.4, 0.5) is 18.9 Å². The van der Waals surface area contributed by atoms with Gasteiger partial charge in [-0.2, -0.15) is 13.2 Å². The number of nitrogens with zero attached hydrogens (tertiary/aromatic N) is 3. The minimum absolute atomic E-state index is 0.0607. The van der Waals surface area contributed by atoms with Gasteiger partial charge in [0.2, 0.25) is 0 Å². The van der Waals surface area contributed by atoms with Gasteiger partial charge in [-0.05, 0) is 37.3 Å². The van der Waals surface area contributed by atoms with Gasteiger partial charge in [-0.25, -0.2) is 0 Å². The Kier molecular flexibility index (Phi) is 6.66. The zero-order chi connectivity index (χ0) is 23.5. The second kappa shape index (κ2) is 9.25. The summed E-state index contributed by atoms with van der Waals surface area (Å²) in [6.45, 7) is 2.45. The number of nitro benzene ring substituents is 1. The van der Waals surface area contributed by atoms with E-state index >= 15 is 0 Å². The maximum absolute atomic E-state index is 12.9. The van der Waals surface area contributed by atoms with Crippen molar-refractivity contribution >= 4 is 17.5 Å². The van der Waals surface area contributed by atoms with Gasteiger partial charge in [0.05, 0.1) is 17.1 Å². The minimum atomic E-state index is -4.55. The van der Waals surface area contributed by atoms with Gasteiger partial charge < -0.3 is 14.5 Å². The Labute approximate surface area is 181 Å². The summed E-state index contributed by atoms with van der Waals surface area (Å²) in [5, 5.41) is 11.3. The summed E-state index contributed by atoms with van der Waals surface area (Å²) in [6, 6.07) is 8.13. The highest BCUT2D eigenvalue weighted by Gasteiger charge is 2.32. The van der Waals surface area contributed by atoms with E-state index < -0.39 is 28.5 Å². The van der Waals surface area contributed by atoms with E-state index in [4.69, 9.17) is 4.74 Å². The first-order chi connectivity index (χ1) is 15.1. The third-order valence-corrected chi connectivity index (χ3v) is 4.99. The summed E-state index contributed by atoms with van der Waals surface area (Å²) in [5.41, 5.74) is -1.20. The van der Waals surface area contributed by atoms with E-state index in [9.17, 15) is 32.9 Å². The zero-order valence-electron chi connectivity index (χ0n) is 17.1. The van der Waals surface area contributed by atoms with E-state index in [-0.39, 0.29) is 55.3 Å². The van der Waals surface area contributed by atoms with Gasteiger partial charge >= 0.3 is 11.9 Å². The third kappa shape index (κ3) is 4.98. The number of halogens is 3. The number of carbonyl (C=O) groups excluding carboxylic acids is 2. The lowest BCUT2D eigenvalue weighted by atomic mass is 10.1. The molecule has 0 radical (unpaired) electrons. The highest BCUT2D eigenvalue weighted by molar-refractivity contribution is 5.96. The maximum Gasteiger partial charge on any atom is 0.416 e. The molecular formula is C21H20F3N3O5. The summed E-state index contributed by atoms with van der Waals surface area (Å²) in [7, 11) is 0. The average molecular weight is 451 g/mol. The fourth-order valence-electron chi connectivity index (χ4n) is 3.38. The van der Waals surface area contributed by atoms with Gasteiger partial charge in [0.1, 0.15) is 0 Å². The van der Waals surface area contributed by atoms with Crippen molar-refractivity contribution < 1.29 is 32.4 Å². The molecule has 1 aliphatic rings. The van der Waals surface area contributed by atoms with Crippen molar-refractivity contribution in [2.45, 2.75) is 13.1 Å². The summed E-state index contributed by atoms with van der Waals surface area (Å²) in [6.07, 6.45) is -4.55. The van der Waals surface area contributed by atoms with Crippen LogP contribution in [-0.2, 0) is 6.18 Å². The third-order valence-electron chi connectivity index (χ3n) is 4.99. The van der Waals surface area contributed by atoms with Crippen LogP contribution < -0.4 is 4.74 Å². The standard InChI is InChI=1S/C21H20F3N3O5/c1-2-32-18-7-6-15(13-17(18)27(30)31)20(29)26-10-8-25(9-11-26)19(28)14-4-3-5-16(12-14)21(22,23)24/h3-7,12-13H,2,8-11H2,1H3. The van der Waals surface area contributed by atoms with E-state index in [1.807, 2.05) is 0 Å². The number of hydrogen-bond donors (Lipinski definition) is 0. The Hall–Kier alpha value is -3.63. The lowest BCUT2D eigenvalue weighted by molar-refractivity contribution is -0.385. The van der Waals surface area contributed by atoms with Gasteiger partial charge in [0.15, 0.2) is 5.75 Å². The van der Waals surface area contributed by atoms with Crippen molar-refractivity contribution in [3.05, 3.63) is 69.3 Å². The predicted octanol–water partition coefficient (Wildman–Crippen LogP) is 3.61. The van der Waals surface area contributed by atoms with Gasteiger partial charge in [-0.15, -0.1) is 0 Å². The van der Waals surface area contributed by atoms with Crippen LogP contribution in [0, 0.1) is 10.1 Å². The van der Waals surface area contributed by atoms with Crippen molar-refractivity contribution in [2.75, 3.05) is 32.8 Å². The van der Waals surface area contributed by atoms with Crippen LogP contribution in [0.2, 0.25) is 0 Å². The molecule has 2 aromatic rings. The van der Waals surface area contributed by atoms with E-state index in [2.05, 4.69) is 0 Å². The second-order valence-corrected chi connectivity index (χ2v) is 7.04. The molecule has 0 atom stereocenters. The molecule has 32 heavy (non-hydrogen) atoms. The quantitative estimate of drug-likeness (QED) is 0.512. The summed E-state index contributed by atoms with van der Waals surface area (Å²) in [5.74, 6) is -0.937. The SMILES string of the molecule is CCOc1ccc(C(=O)N2CCN(C(=O)c3cccc(C(F)(F)F)c3)CC2)cc1[N+](=O)[O-]. The first-order valence-electron chi connectivity index (χ1n) is 9.79. The molecule has 0 bridgehead atoms. The second-order valence-electron chi connectivity index (χ2n) is 7.04. The molecule has 8 nitrogen and oxygen atoms in total. The van der Waals surface area contributed by atoms with E-state index in [0.717, 1.165) is 18.2 Å². The topological polar surface area (TPSA) is 93.0 Å². The van der Waals surface area contributed by atoms with Gasteiger partial charge in [-0.3, -0.25) is 19.7 Å². The Morgan fingerprint density at radius 1 is 1.00 bits per heavy atom. The number of hydrogen-bond acceptors (Lipinski definition) is 5. The monoisotopic (exact) mass is 451 g/mol. The Morgan fingerprint density at radius 3 is 2.06 bits per heavy atom. The van der Waals surface area contributed by atoms with Crippen LogP contribution in [0.1, 0.15) is 33.2 Å². The lowest BCUT2D eigenvalue weighted by Crippen LogP contribution is -2.50. The number of alkyl halides is 3. The molecule has 2 aromatic carbocycles. The van der Waals surface area contributed by atoms with Crippen LogP contribution in [0.25, 0.3) is 0 Å². The summed E-state index contributed by atoms with van der Waals surface area (Å²) >= 11 is 0. The summed E-state index contributed by atoms with van der Waals surface area (Å²) < 4.78 is 43.9. The number of rotatable bonds is 5. The average Bonchev–Trinajstić information content (AvgIpc) is 2.78. The van der Waals surface area contributed by atoms with Crippen LogP contribution in [-0.4, -0.2) is 59.3 Å². The molecule has 1 heterocycles. The van der Waals surface area contributed by atoms with E-state index in [1.165, 1.54) is 34.1 Å². The van der Waals surface area contributed by atoms with Crippen molar-refractivity contribution in [2.24, 2.45) is 0 Å². The molecule has 2 amide bonds. The van der Waals surface area contributed by atoms with Crippen LogP contribution in [0.5, 0.6) is 5.75 Å². The van der Waals surface area contributed by atoms with Crippen LogP contribution in [0.15, 0.2) is 42.5 Å². The molecule has 0 aliphatic carbocycles. The fourth-order valence-corrected chi connectivity index (χ4v) is 3.38. The van der Waals surface area contributed by atoms with Crippen molar-refractivity contribution in [3.63, 3.8) is 0 Å². The Bertz CT molecular complexity index is 1030. The largest absolute Gasteiger partial charge is 0.487 e. The molecule has 3 rings (SSSR count). The Morgan fingerprint density at radius 2 is 1.56 bits per heavy atom. The molecule has 1 saturated heterocycles. The molecule has 0 unspecified atom stereocenters. The number of piperazine rings is 1. The molecule has 1 aliphatic heterocycles. The number of nitro groups is 1. The molecule has 11 heteroatoms. The molecule has 0 saturated carbocycles. The molecular weight excluding hydrogens is 431 g/mol. The fraction of sp³-hybridized carbons (Fsp3) is 0.333. The molecule has 0 aromatic heterocycles. The molecule has 1 fully saturated rings. The molecule has 0 N–H and O–H groups in total. The number of amides is 2. The maximum atomic E-state index is 12.9. The van der Waals surface area contributed by atoms with Crippen molar-refractivity contribution in [1.82, 2.24) is 9.80 Å². The minimum Gasteiger partial charge on any atom is -0.487 e. The smallest absolute Gasteiger partial charge is 0.416 e. The zero-order valence-corrected chi connectivity index (χ0v) is 17.1. The number of carbonyl (C=O) groups is 2. The Balaban J connectivity index is 1.68. The first-order valence-corrected chi connectivity index (χ1v) is 9.79. The van der Waals surface area contributed by atoms with Crippen molar-refractivity contribution in [1.29, 1.82) is 0 Å². The van der Waals surface area contributed by atoms with Gasteiger partial charge in [0, 0.05) is 43.4 Å². The predicted molar refractivity (Wildman–Crippen MR) is 108 cm³/mol. The van der Waals surface area contributed by atoms with E-state index in [0.29, 0.717) is 0 Å². The van der Waals surface area contributed by atoms with Gasteiger partial charge in [-0.1, -0.05) is 6.07 Å². The molecule has 170 valence electrons. The van der Waals surface area contributed by atoms with Crippen LogP contribution >= 0.6 is 0 Å². The van der Waals surface area contributed by atoms with Gasteiger partial charge in [0.25, 0.3) is 11.8 Å². The highest BCUT2D eigenvalue weighted by atomic mass is 19.4. The van der Waals surface area contributed by atoms with Crippen molar-refractivity contribution in [3.8, 4) is 5.75 Å².